The summed E-state index contributed by atoms with van der Waals surface area (Å²) in [5, 5.41) is 0. The molecule has 0 N–H and O–H groups in total. The molecule has 0 heterocycles. The van der Waals surface area contributed by atoms with E-state index in [0.717, 1.165) is 5.56 Å². The van der Waals surface area contributed by atoms with E-state index in [1.807, 2.05) is 38.1 Å². The second-order valence-electron chi connectivity index (χ2n) is 2.97. The first-order valence-corrected chi connectivity index (χ1v) is 4.08. The number of allylic oxidation sites excluding steroid dienone is 1. The Bertz CT molecular complexity index is 323. The Morgan fingerprint density at radius 2 is 2.00 bits per heavy atom. The Hall–Kier alpha value is -1.57. The quantitative estimate of drug-likeness (QED) is 0.662. The van der Waals surface area contributed by atoms with Gasteiger partial charge in [0.25, 0.3) is 6.47 Å². The van der Waals surface area contributed by atoms with E-state index in [0.29, 0.717) is 12.2 Å². The van der Waals surface area contributed by atoms with Crippen LogP contribution in [0.15, 0.2) is 29.8 Å². The first kappa shape index (κ1) is 9.52. The molecule has 1 aromatic carbocycles. The van der Waals surface area contributed by atoms with Crippen molar-refractivity contribution in [2.45, 2.75) is 13.8 Å². The van der Waals surface area contributed by atoms with Crippen molar-refractivity contribution in [2.75, 3.05) is 0 Å². The van der Waals surface area contributed by atoms with Crippen molar-refractivity contribution in [3.05, 3.63) is 35.4 Å². The van der Waals surface area contributed by atoms with Crippen molar-refractivity contribution >= 4 is 12.5 Å². The minimum atomic E-state index is 0.442. The molecule has 68 valence electrons. The van der Waals surface area contributed by atoms with Crippen LogP contribution in [0.4, 0.5) is 0 Å². The van der Waals surface area contributed by atoms with Crippen LogP contribution in [0.25, 0.3) is 6.08 Å². The van der Waals surface area contributed by atoms with E-state index < -0.39 is 0 Å². The van der Waals surface area contributed by atoms with E-state index in [-0.39, 0.29) is 0 Å². The van der Waals surface area contributed by atoms with Gasteiger partial charge in [0.05, 0.1) is 0 Å². The lowest BCUT2D eigenvalue weighted by atomic mass is 10.1. The lowest BCUT2D eigenvalue weighted by Gasteiger charge is -2.02. The molecule has 2 nitrogen and oxygen atoms in total. The van der Waals surface area contributed by atoms with Gasteiger partial charge in [-0.15, -0.1) is 0 Å². The summed E-state index contributed by atoms with van der Waals surface area (Å²) in [5.74, 6) is 0.596. The van der Waals surface area contributed by atoms with Crippen molar-refractivity contribution in [2.24, 2.45) is 0 Å². The largest absolute Gasteiger partial charge is 0.428 e. The van der Waals surface area contributed by atoms with Crippen molar-refractivity contribution in [3.8, 4) is 5.75 Å². The fourth-order valence-corrected chi connectivity index (χ4v) is 1.07. The maximum absolute atomic E-state index is 10.2. The highest BCUT2D eigenvalue weighted by atomic mass is 16.5. The van der Waals surface area contributed by atoms with E-state index in [1.54, 1.807) is 6.07 Å². The van der Waals surface area contributed by atoms with Gasteiger partial charge in [0.2, 0.25) is 0 Å². The Balaban J connectivity index is 3.04. The predicted molar refractivity (Wildman–Crippen MR) is 52.5 cm³/mol. The summed E-state index contributed by atoms with van der Waals surface area (Å²) in [7, 11) is 0. The number of benzene rings is 1. The first-order valence-electron chi connectivity index (χ1n) is 4.08. The van der Waals surface area contributed by atoms with Gasteiger partial charge in [-0.2, -0.15) is 0 Å². The zero-order valence-electron chi connectivity index (χ0n) is 7.78. The summed E-state index contributed by atoms with van der Waals surface area (Å²) in [5.41, 5.74) is 2.09. The molecule has 0 aromatic heterocycles. The summed E-state index contributed by atoms with van der Waals surface area (Å²) >= 11 is 0. The highest BCUT2D eigenvalue weighted by Gasteiger charge is 1.98. The molecule has 0 unspecified atom stereocenters. The van der Waals surface area contributed by atoms with Gasteiger partial charge >= 0.3 is 0 Å². The van der Waals surface area contributed by atoms with Crippen LogP contribution in [0.3, 0.4) is 0 Å². The molecule has 13 heavy (non-hydrogen) atoms. The summed E-state index contributed by atoms with van der Waals surface area (Å²) in [4.78, 5) is 10.2. The lowest BCUT2D eigenvalue weighted by Crippen LogP contribution is -1.90. The fraction of sp³-hybridized carbons (Fsp3) is 0.182. The van der Waals surface area contributed by atoms with Crippen LogP contribution in [0.5, 0.6) is 5.75 Å². The van der Waals surface area contributed by atoms with Gasteiger partial charge in [-0.3, -0.25) is 4.79 Å². The highest BCUT2D eigenvalue weighted by molar-refractivity contribution is 5.61. The van der Waals surface area contributed by atoms with Crippen LogP contribution in [0.1, 0.15) is 19.4 Å². The number of rotatable bonds is 3. The SMILES string of the molecule is CC(C)=Cc1ccccc1OC=O. The molecule has 0 saturated carbocycles. The van der Waals surface area contributed by atoms with Crippen LogP contribution < -0.4 is 4.74 Å². The second kappa shape index (κ2) is 4.45. The number of carbonyl (C=O) groups is 1. The molecule has 0 aliphatic rings. The van der Waals surface area contributed by atoms with Crippen molar-refractivity contribution in [3.63, 3.8) is 0 Å². The van der Waals surface area contributed by atoms with Gasteiger partial charge in [-0.25, -0.2) is 0 Å². The van der Waals surface area contributed by atoms with E-state index in [1.165, 1.54) is 5.57 Å². The summed E-state index contributed by atoms with van der Waals surface area (Å²) in [6.07, 6.45) is 1.97. The average Bonchev–Trinajstić information content (AvgIpc) is 2.08. The van der Waals surface area contributed by atoms with Gasteiger partial charge in [0.15, 0.2) is 0 Å². The molecule has 1 aromatic rings. The topological polar surface area (TPSA) is 26.3 Å². The van der Waals surface area contributed by atoms with Crippen molar-refractivity contribution in [1.82, 2.24) is 0 Å². The third-order valence-electron chi connectivity index (χ3n) is 1.54. The van der Waals surface area contributed by atoms with Gasteiger partial charge in [-0.05, 0) is 19.9 Å². The molecule has 0 saturated heterocycles. The smallest absolute Gasteiger partial charge is 0.298 e. The monoisotopic (exact) mass is 176 g/mol. The van der Waals surface area contributed by atoms with Crippen molar-refractivity contribution in [1.29, 1.82) is 0 Å². The standard InChI is InChI=1S/C11H12O2/c1-9(2)7-10-5-3-4-6-11(10)13-8-12/h3-8H,1-2H3. The molecule has 0 bridgehead atoms. The Morgan fingerprint density at radius 3 is 2.62 bits per heavy atom. The average molecular weight is 176 g/mol. The lowest BCUT2D eigenvalue weighted by molar-refractivity contribution is -0.120. The molecule has 0 atom stereocenters. The first-order chi connectivity index (χ1) is 6.24. The van der Waals surface area contributed by atoms with E-state index in [9.17, 15) is 4.79 Å². The molecule has 0 spiro atoms. The summed E-state index contributed by atoms with van der Waals surface area (Å²) in [6, 6.07) is 7.42. The third-order valence-corrected chi connectivity index (χ3v) is 1.54. The maximum atomic E-state index is 10.2. The van der Waals surface area contributed by atoms with Gasteiger partial charge in [-0.1, -0.05) is 29.8 Å². The number of ether oxygens (including phenoxy) is 1. The summed E-state index contributed by atoms with van der Waals surface area (Å²) in [6.45, 7) is 4.44. The molecule has 0 aliphatic heterocycles. The number of hydrogen-bond donors (Lipinski definition) is 0. The Morgan fingerprint density at radius 1 is 1.31 bits per heavy atom. The Labute approximate surface area is 77.8 Å². The maximum Gasteiger partial charge on any atom is 0.298 e. The normalized spacial score (nSPS) is 9.08. The zero-order valence-corrected chi connectivity index (χ0v) is 7.78. The molecule has 0 fully saturated rings. The number of para-hydroxylation sites is 1. The van der Waals surface area contributed by atoms with Gasteiger partial charge in [0, 0.05) is 5.56 Å². The molecule has 0 radical (unpaired) electrons. The third kappa shape index (κ3) is 2.75. The van der Waals surface area contributed by atoms with Crippen LogP contribution in [-0.2, 0) is 4.79 Å². The highest BCUT2D eigenvalue weighted by Crippen LogP contribution is 2.19. The molecule has 0 amide bonds. The number of hydrogen-bond acceptors (Lipinski definition) is 2. The summed E-state index contributed by atoms with van der Waals surface area (Å²) < 4.78 is 4.81. The molecular formula is C11H12O2. The van der Waals surface area contributed by atoms with E-state index in [2.05, 4.69) is 0 Å². The predicted octanol–water partition coefficient (Wildman–Crippen LogP) is 2.65. The van der Waals surface area contributed by atoms with Crippen molar-refractivity contribution < 1.29 is 9.53 Å². The van der Waals surface area contributed by atoms with Gasteiger partial charge in [0.1, 0.15) is 5.75 Å². The number of carbonyl (C=O) groups excluding carboxylic acids is 1. The second-order valence-corrected chi connectivity index (χ2v) is 2.97. The molecule has 2 heteroatoms. The van der Waals surface area contributed by atoms with Gasteiger partial charge < -0.3 is 4.74 Å². The van der Waals surface area contributed by atoms with Crippen LogP contribution in [0.2, 0.25) is 0 Å². The molecular weight excluding hydrogens is 164 g/mol. The van der Waals surface area contributed by atoms with E-state index in [4.69, 9.17) is 4.74 Å². The minimum absolute atomic E-state index is 0.442. The minimum Gasteiger partial charge on any atom is -0.428 e. The van der Waals surface area contributed by atoms with Crippen LogP contribution in [-0.4, -0.2) is 6.47 Å². The zero-order chi connectivity index (χ0) is 9.68. The van der Waals surface area contributed by atoms with Crippen LogP contribution >= 0.6 is 0 Å². The van der Waals surface area contributed by atoms with Crippen LogP contribution in [0, 0.1) is 0 Å². The Kier molecular flexibility index (Phi) is 3.26. The fourth-order valence-electron chi connectivity index (χ4n) is 1.07. The van der Waals surface area contributed by atoms with E-state index >= 15 is 0 Å². The molecule has 0 aliphatic carbocycles. The molecule has 1 rings (SSSR count).